The van der Waals surface area contributed by atoms with Gasteiger partial charge in [-0.3, -0.25) is 19.7 Å². The lowest BCUT2D eigenvalue weighted by molar-refractivity contribution is -0.384. The fourth-order valence-corrected chi connectivity index (χ4v) is 3.84. The van der Waals surface area contributed by atoms with Crippen molar-refractivity contribution in [2.75, 3.05) is 6.79 Å². The predicted molar refractivity (Wildman–Crippen MR) is 155 cm³/mol. The van der Waals surface area contributed by atoms with Crippen molar-refractivity contribution >= 4 is 35.8 Å². The lowest BCUT2D eigenvalue weighted by Gasteiger charge is -2.09. The summed E-state index contributed by atoms with van der Waals surface area (Å²) in [6.45, 7) is 0.0957. The maximum Gasteiger partial charge on any atom is 0.343 e. The fraction of sp³-hybridized carbons (Fsp3) is 0.0323. The van der Waals surface area contributed by atoms with Gasteiger partial charge in [-0.2, -0.15) is 5.10 Å². The Morgan fingerprint density at radius 2 is 1.53 bits per heavy atom. The standard InChI is InChI=1S/C31H22N4O8/c36-29(22-4-2-1-3-5-22)33-26(16-21-8-15-27-28(17-21)42-19-41-27)30(37)34-32-18-20-6-13-25(14-7-20)43-31(38)23-9-11-24(12-10-23)35(39)40/h1-18H,19H2,(H,33,36)(H,34,37)/b26-16+,32-18-. The third-order valence-electron chi connectivity index (χ3n) is 6.02. The summed E-state index contributed by atoms with van der Waals surface area (Å²) < 4.78 is 16.0. The first kappa shape index (κ1) is 28.2. The van der Waals surface area contributed by atoms with Gasteiger partial charge >= 0.3 is 5.97 Å². The molecule has 43 heavy (non-hydrogen) atoms. The number of fused-ring (bicyclic) bond motifs is 1. The molecule has 2 N–H and O–H groups in total. The number of hydrazone groups is 1. The third-order valence-corrected chi connectivity index (χ3v) is 6.02. The van der Waals surface area contributed by atoms with Gasteiger partial charge in [0.05, 0.1) is 16.7 Å². The minimum atomic E-state index is -0.678. The van der Waals surface area contributed by atoms with Gasteiger partial charge in [0.15, 0.2) is 11.5 Å². The first-order valence-corrected chi connectivity index (χ1v) is 12.7. The van der Waals surface area contributed by atoms with Crippen LogP contribution in [0.4, 0.5) is 5.69 Å². The van der Waals surface area contributed by atoms with E-state index in [0.29, 0.717) is 28.2 Å². The normalized spacial score (nSPS) is 12.0. The van der Waals surface area contributed by atoms with E-state index in [9.17, 15) is 24.5 Å². The Kier molecular flexibility index (Phi) is 8.48. The van der Waals surface area contributed by atoms with Gasteiger partial charge < -0.3 is 19.5 Å². The van der Waals surface area contributed by atoms with E-state index < -0.39 is 22.7 Å². The van der Waals surface area contributed by atoms with Gasteiger partial charge in [-0.1, -0.05) is 24.3 Å². The highest BCUT2D eigenvalue weighted by Crippen LogP contribution is 2.33. The van der Waals surface area contributed by atoms with Crippen LogP contribution in [0.2, 0.25) is 0 Å². The Hall–Kier alpha value is -6.30. The van der Waals surface area contributed by atoms with E-state index in [4.69, 9.17) is 14.2 Å². The third kappa shape index (κ3) is 7.27. The second kappa shape index (κ2) is 12.9. The minimum absolute atomic E-state index is 0.0571. The van der Waals surface area contributed by atoms with Crippen LogP contribution in [-0.2, 0) is 4.79 Å². The zero-order chi connectivity index (χ0) is 30.2. The lowest BCUT2D eigenvalue weighted by atomic mass is 10.1. The highest BCUT2D eigenvalue weighted by Gasteiger charge is 2.17. The molecule has 0 unspecified atom stereocenters. The Morgan fingerprint density at radius 1 is 0.837 bits per heavy atom. The van der Waals surface area contributed by atoms with Crippen molar-refractivity contribution in [3.05, 3.63) is 135 Å². The number of amides is 2. The molecule has 1 aliphatic rings. The summed E-state index contributed by atoms with van der Waals surface area (Å²) in [4.78, 5) is 48.4. The molecule has 4 aromatic rings. The molecule has 1 heterocycles. The average molecular weight is 579 g/mol. The summed E-state index contributed by atoms with van der Waals surface area (Å²) in [7, 11) is 0. The maximum absolute atomic E-state index is 13.0. The average Bonchev–Trinajstić information content (AvgIpc) is 3.50. The first-order valence-electron chi connectivity index (χ1n) is 12.7. The lowest BCUT2D eigenvalue weighted by Crippen LogP contribution is -2.32. The molecule has 0 aliphatic carbocycles. The molecule has 12 nitrogen and oxygen atoms in total. The van der Waals surface area contributed by atoms with Crippen LogP contribution in [0.5, 0.6) is 17.2 Å². The van der Waals surface area contributed by atoms with Crippen LogP contribution in [-0.4, -0.2) is 35.7 Å². The second-order valence-corrected chi connectivity index (χ2v) is 8.95. The number of esters is 1. The van der Waals surface area contributed by atoms with E-state index in [1.165, 1.54) is 48.7 Å². The van der Waals surface area contributed by atoms with E-state index in [1.807, 2.05) is 0 Å². The molecule has 12 heteroatoms. The van der Waals surface area contributed by atoms with E-state index in [0.717, 1.165) is 0 Å². The van der Waals surface area contributed by atoms with Crippen molar-refractivity contribution < 1.29 is 33.5 Å². The number of carbonyl (C=O) groups excluding carboxylic acids is 3. The number of benzene rings is 4. The van der Waals surface area contributed by atoms with Crippen molar-refractivity contribution in [3.63, 3.8) is 0 Å². The molecule has 0 atom stereocenters. The molecule has 4 aromatic carbocycles. The summed E-state index contributed by atoms with van der Waals surface area (Å²) >= 11 is 0. The molecule has 0 radical (unpaired) electrons. The van der Waals surface area contributed by atoms with Gasteiger partial charge in [-0.15, -0.1) is 0 Å². The molecule has 0 aromatic heterocycles. The molecule has 2 amide bonds. The summed E-state index contributed by atoms with van der Waals surface area (Å²) in [5.41, 5.74) is 3.89. The van der Waals surface area contributed by atoms with Crippen molar-refractivity contribution in [3.8, 4) is 17.2 Å². The van der Waals surface area contributed by atoms with Crippen LogP contribution in [0.3, 0.4) is 0 Å². The number of nitro groups is 1. The molecule has 0 bridgehead atoms. The summed E-state index contributed by atoms with van der Waals surface area (Å²) in [5.74, 6) is -0.501. The SMILES string of the molecule is O=C(N/N=C\c1ccc(OC(=O)c2ccc([N+](=O)[O-])cc2)cc1)/C(=C\c1ccc2c(c1)OCO2)NC(=O)c1ccccc1. The van der Waals surface area contributed by atoms with E-state index >= 15 is 0 Å². The van der Waals surface area contributed by atoms with Gasteiger partial charge in [0.25, 0.3) is 17.5 Å². The summed E-state index contributed by atoms with van der Waals surface area (Å²) in [6.07, 6.45) is 2.86. The Morgan fingerprint density at radius 3 is 2.26 bits per heavy atom. The van der Waals surface area contributed by atoms with Crippen LogP contribution in [0.25, 0.3) is 6.08 Å². The molecular formula is C31H22N4O8. The number of nitrogens with zero attached hydrogens (tertiary/aromatic N) is 2. The number of nitro benzene ring substituents is 1. The van der Waals surface area contributed by atoms with Crippen LogP contribution < -0.4 is 25.0 Å². The van der Waals surface area contributed by atoms with E-state index in [-0.39, 0.29) is 29.5 Å². The fourth-order valence-electron chi connectivity index (χ4n) is 3.84. The van der Waals surface area contributed by atoms with E-state index in [1.54, 1.807) is 60.7 Å². The van der Waals surface area contributed by atoms with Crippen molar-refractivity contribution in [2.24, 2.45) is 5.10 Å². The molecule has 0 saturated carbocycles. The first-order chi connectivity index (χ1) is 20.9. The Bertz CT molecular complexity index is 1730. The number of rotatable bonds is 9. The Balaban J connectivity index is 1.24. The predicted octanol–water partition coefficient (Wildman–Crippen LogP) is 4.46. The van der Waals surface area contributed by atoms with Gasteiger partial charge in [0.1, 0.15) is 11.4 Å². The van der Waals surface area contributed by atoms with Gasteiger partial charge in [0.2, 0.25) is 6.79 Å². The van der Waals surface area contributed by atoms with Crippen LogP contribution in [0.1, 0.15) is 31.8 Å². The highest BCUT2D eigenvalue weighted by atomic mass is 16.7. The topological polar surface area (TPSA) is 158 Å². The molecule has 214 valence electrons. The molecule has 0 fully saturated rings. The monoisotopic (exact) mass is 578 g/mol. The molecule has 0 spiro atoms. The van der Waals surface area contributed by atoms with Gasteiger partial charge in [0, 0.05) is 17.7 Å². The van der Waals surface area contributed by atoms with Gasteiger partial charge in [-0.05, 0) is 77.9 Å². The van der Waals surface area contributed by atoms with Crippen LogP contribution in [0, 0.1) is 10.1 Å². The second-order valence-electron chi connectivity index (χ2n) is 8.95. The van der Waals surface area contributed by atoms with Crippen molar-refractivity contribution in [1.82, 2.24) is 10.7 Å². The van der Waals surface area contributed by atoms with Gasteiger partial charge in [-0.25, -0.2) is 10.2 Å². The largest absolute Gasteiger partial charge is 0.454 e. The van der Waals surface area contributed by atoms with Crippen LogP contribution in [0.15, 0.2) is 108 Å². The highest BCUT2D eigenvalue weighted by molar-refractivity contribution is 6.05. The zero-order valence-electron chi connectivity index (χ0n) is 22.3. The molecule has 0 saturated heterocycles. The number of hydrogen-bond acceptors (Lipinski definition) is 9. The minimum Gasteiger partial charge on any atom is -0.454 e. The molecular weight excluding hydrogens is 556 g/mol. The molecule has 1 aliphatic heterocycles. The molecule has 5 rings (SSSR count). The van der Waals surface area contributed by atoms with E-state index in [2.05, 4.69) is 15.8 Å². The number of nitrogens with one attached hydrogen (secondary N) is 2. The summed E-state index contributed by atoms with van der Waals surface area (Å²) in [5, 5.41) is 17.4. The maximum atomic E-state index is 13.0. The number of hydrogen-bond donors (Lipinski definition) is 2. The van der Waals surface area contributed by atoms with Crippen molar-refractivity contribution in [2.45, 2.75) is 0 Å². The van der Waals surface area contributed by atoms with Crippen LogP contribution >= 0.6 is 0 Å². The van der Waals surface area contributed by atoms with Crippen molar-refractivity contribution in [1.29, 1.82) is 0 Å². The number of ether oxygens (including phenoxy) is 3. The quantitative estimate of drug-likeness (QED) is 0.0736. The Labute approximate surface area is 244 Å². The number of carbonyl (C=O) groups is 3. The smallest absolute Gasteiger partial charge is 0.343 e. The summed E-state index contributed by atoms with van der Waals surface area (Å²) in [6, 6.07) is 24.9. The zero-order valence-corrected chi connectivity index (χ0v) is 22.3. The number of non-ortho nitro benzene ring substituents is 1.